The first kappa shape index (κ1) is 24.6. The largest absolute Gasteiger partial charge is 0.496 e. The van der Waals surface area contributed by atoms with Crippen molar-refractivity contribution in [2.24, 2.45) is 11.8 Å². The van der Waals surface area contributed by atoms with E-state index < -0.39 is 17.9 Å². The van der Waals surface area contributed by atoms with E-state index >= 15 is 0 Å². The molecule has 9 nitrogen and oxygen atoms in total. The smallest absolute Gasteiger partial charge is 0.268 e. The molecule has 2 atom stereocenters. The molecule has 1 unspecified atom stereocenters. The molecule has 0 bridgehead atoms. The van der Waals surface area contributed by atoms with Gasteiger partial charge >= 0.3 is 0 Å². The van der Waals surface area contributed by atoms with Gasteiger partial charge < -0.3 is 25.3 Å². The zero-order chi connectivity index (χ0) is 24.7. The topological polar surface area (TPSA) is 140 Å². The van der Waals surface area contributed by atoms with Gasteiger partial charge in [0.2, 0.25) is 5.91 Å². The van der Waals surface area contributed by atoms with Crippen LogP contribution in [0.1, 0.15) is 36.3 Å². The number of H-pyrrole nitrogens is 2. The number of hydrogen-bond donors (Lipinski definition) is 4. The van der Waals surface area contributed by atoms with Crippen LogP contribution in [0.5, 0.6) is 5.75 Å². The number of amides is 2. The standard InChI is InChI=1S/C25H29N5O4/c1-15(2)10-20(24(32)28-14-16(13-26)11-17-6-5-9-27-23(17)31)30-25(33)21-12-18-19(29-21)7-4-8-22(18)34-3/h4-9,12,15-16,20,29H,10-11,14H2,1-3H3,(H,27,31)(H,28,32)(H,30,33)/t16?,20-/m0/s1. The van der Waals surface area contributed by atoms with E-state index in [-0.39, 0.29) is 30.3 Å². The van der Waals surface area contributed by atoms with Crippen LogP contribution in [0, 0.1) is 23.2 Å². The van der Waals surface area contributed by atoms with Gasteiger partial charge in [-0.2, -0.15) is 5.26 Å². The molecule has 0 radical (unpaired) electrons. The van der Waals surface area contributed by atoms with Gasteiger partial charge in [0.05, 0.1) is 19.1 Å². The van der Waals surface area contributed by atoms with E-state index in [9.17, 15) is 19.6 Å². The first-order valence-electron chi connectivity index (χ1n) is 11.1. The summed E-state index contributed by atoms with van der Waals surface area (Å²) in [6.45, 7) is 3.98. The molecular weight excluding hydrogens is 434 g/mol. The van der Waals surface area contributed by atoms with Crippen molar-refractivity contribution in [3.63, 3.8) is 0 Å². The molecule has 2 aromatic heterocycles. The summed E-state index contributed by atoms with van der Waals surface area (Å²) in [7, 11) is 1.56. The van der Waals surface area contributed by atoms with Gasteiger partial charge in [-0.3, -0.25) is 14.4 Å². The van der Waals surface area contributed by atoms with Crippen LogP contribution in [-0.2, 0) is 11.2 Å². The molecule has 3 aromatic rings. The van der Waals surface area contributed by atoms with Crippen molar-refractivity contribution in [3.8, 4) is 11.8 Å². The number of aromatic nitrogens is 2. The van der Waals surface area contributed by atoms with Crippen molar-refractivity contribution >= 4 is 22.7 Å². The summed E-state index contributed by atoms with van der Waals surface area (Å²) in [5, 5.41) is 15.8. The fourth-order valence-corrected chi connectivity index (χ4v) is 3.76. The van der Waals surface area contributed by atoms with Crippen molar-refractivity contribution in [1.82, 2.24) is 20.6 Å². The molecule has 0 saturated heterocycles. The number of rotatable bonds is 10. The summed E-state index contributed by atoms with van der Waals surface area (Å²) in [6.07, 6.45) is 2.17. The van der Waals surface area contributed by atoms with Crippen molar-refractivity contribution in [2.45, 2.75) is 32.7 Å². The number of carbonyl (C=O) groups excluding carboxylic acids is 2. The van der Waals surface area contributed by atoms with Crippen molar-refractivity contribution in [1.29, 1.82) is 5.26 Å². The summed E-state index contributed by atoms with van der Waals surface area (Å²) >= 11 is 0. The average molecular weight is 464 g/mol. The van der Waals surface area contributed by atoms with E-state index in [1.54, 1.807) is 25.3 Å². The zero-order valence-electron chi connectivity index (χ0n) is 19.5. The predicted molar refractivity (Wildman–Crippen MR) is 128 cm³/mol. The zero-order valence-corrected chi connectivity index (χ0v) is 19.5. The van der Waals surface area contributed by atoms with Gasteiger partial charge in [0, 0.05) is 29.2 Å². The maximum absolute atomic E-state index is 12.9. The van der Waals surface area contributed by atoms with E-state index in [4.69, 9.17) is 4.74 Å². The van der Waals surface area contributed by atoms with Gasteiger partial charge in [-0.05, 0) is 43.0 Å². The molecule has 0 spiro atoms. The molecule has 4 N–H and O–H groups in total. The van der Waals surface area contributed by atoms with E-state index in [2.05, 4.69) is 26.7 Å². The highest BCUT2D eigenvalue weighted by Gasteiger charge is 2.24. The second-order valence-electron chi connectivity index (χ2n) is 8.56. The molecule has 9 heteroatoms. The minimum absolute atomic E-state index is 0.0672. The van der Waals surface area contributed by atoms with Gasteiger partial charge in [0.1, 0.15) is 17.5 Å². The van der Waals surface area contributed by atoms with Crippen LogP contribution in [0.2, 0.25) is 0 Å². The number of methoxy groups -OCH3 is 1. The fourth-order valence-electron chi connectivity index (χ4n) is 3.76. The summed E-state index contributed by atoms with van der Waals surface area (Å²) in [6, 6.07) is 11.9. The van der Waals surface area contributed by atoms with Crippen LogP contribution in [-0.4, -0.2) is 41.5 Å². The number of ether oxygens (including phenoxy) is 1. The van der Waals surface area contributed by atoms with Crippen LogP contribution in [0.4, 0.5) is 0 Å². The van der Waals surface area contributed by atoms with Crippen LogP contribution < -0.4 is 20.9 Å². The molecule has 1 aromatic carbocycles. The molecule has 0 aliphatic rings. The number of nitrogens with one attached hydrogen (secondary N) is 4. The molecule has 2 amide bonds. The second kappa shape index (κ2) is 11.2. The molecular formula is C25H29N5O4. The molecule has 2 heterocycles. The first-order valence-corrected chi connectivity index (χ1v) is 11.1. The molecule has 0 aliphatic carbocycles. The Morgan fingerprint density at radius 2 is 2.00 bits per heavy atom. The number of nitrogens with zero attached hydrogens (tertiary/aromatic N) is 1. The third kappa shape index (κ3) is 6.04. The van der Waals surface area contributed by atoms with Gasteiger partial charge in [-0.15, -0.1) is 0 Å². The number of benzene rings is 1. The molecule has 178 valence electrons. The highest BCUT2D eigenvalue weighted by molar-refractivity contribution is 6.01. The Morgan fingerprint density at radius 1 is 1.21 bits per heavy atom. The minimum atomic E-state index is -0.778. The van der Waals surface area contributed by atoms with Gasteiger partial charge in [-0.25, -0.2) is 0 Å². The first-order chi connectivity index (χ1) is 16.3. The molecule has 3 rings (SSSR count). The number of pyridine rings is 1. The molecule has 0 fully saturated rings. The average Bonchev–Trinajstić information content (AvgIpc) is 3.26. The normalized spacial score (nSPS) is 12.7. The monoisotopic (exact) mass is 463 g/mol. The molecule has 34 heavy (non-hydrogen) atoms. The van der Waals surface area contributed by atoms with E-state index in [0.29, 0.717) is 23.4 Å². The van der Waals surface area contributed by atoms with Gasteiger partial charge in [0.15, 0.2) is 0 Å². The number of carbonyl (C=O) groups is 2. The van der Waals surface area contributed by atoms with Crippen molar-refractivity contribution in [3.05, 3.63) is 64.2 Å². The maximum atomic E-state index is 12.9. The highest BCUT2D eigenvalue weighted by atomic mass is 16.5. The Kier molecular flexibility index (Phi) is 8.09. The van der Waals surface area contributed by atoms with E-state index in [1.165, 1.54) is 6.20 Å². The minimum Gasteiger partial charge on any atom is -0.496 e. The van der Waals surface area contributed by atoms with Gasteiger partial charge in [-0.1, -0.05) is 26.0 Å². The maximum Gasteiger partial charge on any atom is 0.268 e. The second-order valence-corrected chi connectivity index (χ2v) is 8.56. The van der Waals surface area contributed by atoms with Crippen molar-refractivity contribution < 1.29 is 14.3 Å². The third-order valence-corrected chi connectivity index (χ3v) is 5.49. The summed E-state index contributed by atoms with van der Waals surface area (Å²) in [5.41, 5.74) is 1.29. The lowest BCUT2D eigenvalue weighted by molar-refractivity contribution is -0.123. The van der Waals surface area contributed by atoms with E-state index in [1.807, 2.05) is 32.0 Å². The quantitative estimate of drug-likeness (QED) is 0.366. The molecule has 0 saturated carbocycles. The Morgan fingerprint density at radius 3 is 2.68 bits per heavy atom. The predicted octanol–water partition coefficient (Wildman–Crippen LogP) is 2.51. The molecule has 0 aliphatic heterocycles. The van der Waals surface area contributed by atoms with Crippen LogP contribution in [0.15, 0.2) is 47.4 Å². The van der Waals surface area contributed by atoms with Crippen LogP contribution >= 0.6 is 0 Å². The number of nitriles is 1. The number of fused-ring (bicyclic) bond motifs is 1. The Hall–Kier alpha value is -4.06. The Bertz CT molecular complexity index is 1250. The van der Waals surface area contributed by atoms with E-state index in [0.717, 1.165) is 10.9 Å². The van der Waals surface area contributed by atoms with Crippen LogP contribution in [0.3, 0.4) is 0 Å². The SMILES string of the molecule is COc1cccc2[nH]c(C(=O)N[C@@H](CC(C)C)C(=O)NCC(C#N)Cc3ccc[nH]c3=O)cc12. The summed E-state index contributed by atoms with van der Waals surface area (Å²) in [5.74, 6) is -0.578. The summed E-state index contributed by atoms with van der Waals surface area (Å²) < 4.78 is 5.34. The number of hydrogen-bond acceptors (Lipinski definition) is 5. The van der Waals surface area contributed by atoms with Gasteiger partial charge in [0.25, 0.3) is 11.5 Å². The van der Waals surface area contributed by atoms with Crippen LogP contribution in [0.25, 0.3) is 10.9 Å². The lowest BCUT2D eigenvalue weighted by Crippen LogP contribution is -2.48. The number of aromatic amines is 2. The lowest BCUT2D eigenvalue weighted by Gasteiger charge is -2.20. The summed E-state index contributed by atoms with van der Waals surface area (Å²) in [4.78, 5) is 43.4. The Labute approximate surface area is 197 Å². The van der Waals surface area contributed by atoms with Crippen molar-refractivity contribution in [2.75, 3.05) is 13.7 Å². The third-order valence-electron chi connectivity index (χ3n) is 5.49. The fraction of sp³-hybridized carbons (Fsp3) is 0.360. The highest BCUT2D eigenvalue weighted by Crippen LogP contribution is 2.26. The Balaban J connectivity index is 1.68. The lowest BCUT2D eigenvalue weighted by atomic mass is 10.0.